The van der Waals surface area contributed by atoms with Crippen LogP contribution in [0.15, 0.2) is 54.7 Å². The third kappa shape index (κ3) is 3.57. The highest BCUT2D eigenvalue weighted by Crippen LogP contribution is 2.37. The minimum Gasteiger partial charge on any atom is -0.493 e. The lowest BCUT2D eigenvalue weighted by Crippen LogP contribution is -2.03. The first kappa shape index (κ1) is 19.4. The number of anilines is 1. The molecule has 1 aliphatic heterocycles. The normalized spacial score (nSPS) is 12.2. The molecule has 0 fully saturated rings. The van der Waals surface area contributed by atoms with E-state index in [0.29, 0.717) is 23.1 Å². The largest absolute Gasteiger partial charge is 0.493 e. The van der Waals surface area contributed by atoms with Crippen molar-refractivity contribution in [3.8, 4) is 34.3 Å². The minimum absolute atomic E-state index is 0.251. The molecular formula is C23H20ClN3O4. The summed E-state index contributed by atoms with van der Waals surface area (Å²) in [4.78, 5) is 4.83. The van der Waals surface area contributed by atoms with E-state index in [-0.39, 0.29) is 6.79 Å². The molecule has 0 spiro atoms. The molecule has 0 atom stereocenters. The van der Waals surface area contributed by atoms with Gasteiger partial charge in [-0.05, 0) is 48.0 Å². The van der Waals surface area contributed by atoms with Gasteiger partial charge in [-0.25, -0.2) is 4.98 Å². The zero-order valence-electron chi connectivity index (χ0n) is 17.0. The molecule has 0 aliphatic carbocycles. The van der Waals surface area contributed by atoms with Gasteiger partial charge in [0.1, 0.15) is 17.2 Å². The van der Waals surface area contributed by atoms with Crippen LogP contribution in [0.2, 0.25) is 5.02 Å². The highest BCUT2D eigenvalue weighted by atomic mass is 35.5. The number of imidazole rings is 1. The van der Waals surface area contributed by atoms with E-state index in [1.165, 1.54) is 0 Å². The summed E-state index contributed by atoms with van der Waals surface area (Å²) in [6.45, 7) is 0.818. The summed E-state index contributed by atoms with van der Waals surface area (Å²) in [5.41, 5.74) is 3.51. The first-order valence-corrected chi connectivity index (χ1v) is 10.1. The molecule has 0 radical (unpaired) electrons. The number of ether oxygens (including phenoxy) is 4. The summed E-state index contributed by atoms with van der Waals surface area (Å²) in [6.07, 6.45) is 1.84. The van der Waals surface area contributed by atoms with Gasteiger partial charge in [0, 0.05) is 18.3 Å². The molecule has 4 aromatic rings. The topological polar surface area (TPSA) is 66.3 Å². The van der Waals surface area contributed by atoms with Crippen molar-refractivity contribution in [3.63, 3.8) is 0 Å². The molecule has 0 saturated heterocycles. The van der Waals surface area contributed by atoms with Gasteiger partial charge in [0.2, 0.25) is 6.79 Å². The van der Waals surface area contributed by atoms with Gasteiger partial charge in [-0.1, -0.05) is 17.7 Å². The number of fused-ring (bicyclic) bond motifs is 2. The van der Waals surface area contributed by atoms with Crippen molar-refractivity contribution in [2.24, 2.45) is 0 Å². The Kier molecular flexibility index (Phi) is 4.95. The van der Waals surface area contributed by atoms with Crippen LogP contribution in [0.3, 0.4) is 0 Å². The Morgan fingerprint density at radius 3 is 2.68 bits per heavy atom. The number of hydrogen-bond donors (Lipinski definition) is 1. The number of halogens is 1. The van der Waals surface area contributed by atoms with Crippen molar-refractivity contribution in [1.29, 1.82) is 0 Å². The fourth-order valence-electron chi connectivity index (χ4n) is 3.61. The second-order valence-corrected chi connectivity index (χ2v) is 7.43. The third-order valence-electron chi connectivity index (χ3n) is 5.14. The molecule has 0 amide bonds. The van der Waals surface area contributed by atoms with Crippen LogP contribution in [0.4, 0.5) is 5.82 Å². The second kappa shape index (κ2) is 7.92. The van der Waals surface area contributed by atoms with Crippen LogP contribution in [0.5, 0.6) is 23.0 Å². The lowest BCUT2D eigenvalue weighted by molar-refractivity contribution is 0.174. The molecule has 3 heterocycles. The first-order chi connectivity index (χ1) is 15.2. The van der Waals surface area contributed by atoms with Gasteiger partial charge in [0.05, 0.1) is 19.2 Å². The monoisotopic (exact) mass is 437 g/mol. The van der Waals surface area contributed by atoms with Crippen molar-refractivity contribution in [2.45, 2.75) is 6.54 Å². The van der Waals surface area contributed by atoms with Crippen LogP contribution in [0, 0.1) is 0 Å². The molecule has 2 aromatic heterocycles. The highest BCUT2D eigenvalue weighted by Gasteiger charge is 2.18. The molecule has 0 unspecified atom stereocenters. The van der Waals surface area contributed by atoms with Crippen LogP contribution in [-0.2, 0) is 6.54 Å². The van der Waals surface area contributed by atoms with Crippen LogP contribution < -0.4 is 24.3 Å². The van der Waals surface area contributed by atoms with Crippen molar-refractivity contribution in [3.05, 3.63) is 65.3 Å². The average molecular weight is 438 g/mol. The van der Waals surface area contributed by atoms with E-state index in [0.717, 1.165) is 39.8 Å². The zero-order valence-corrected chi connectivity index (χ0v) is 17.8. The van der Waals surface area contributed by atoms with E-state index in [2.05, 4.69) is 5.32 Å². The minimum atomic E-state index is 0.251. The molecule has 1 aliphatic rings. The van der Waals surface area contributed by atoms with Gasteiger partial charge < -0.3 is 24.3 Å². The molecular weight excluding hydrogens is 418 g/mol. The number of nitrogens with one attached hydrogen (secondary N) is 1. The fourth-order valence-corrected chi connectivity index (χ4v) is 3.77. The van der Waals surface area contributed by atoms with Gasteiger partial charge in [0.15, 0.2) is 23.0 Å². The SMILES string of the molecule is COc1ccc(-c2nc3ccc(Cl)cn3c2NCc2ccc3c(c2)OCO3)cc1OC. The molecule has 158 valence electrons. The van der Waals surface area contributed by atoms with Crippen molar-refractivity contribution in [1.82, 2.24) is 9.38 Å². The second-order valence-electron chi connectivity index (χ2n) is 7.00. The maximum absolute atomic E-state index is 6.27. The maximum atomic E-state index is 6.27. The van der Waals surface area contributed by atoms with E-state index >= 15 is 0 Å². The zero-order chi connectivity index (χ0) is 21.4. The third-order valence-corrected chi connectivity index (χ3v) is 5.36. The van der Waals surface area contributed by atoms with Gasteiger partial charge in [0.25, 0.3) is 0 Å². The molecule has 5 rings (SSSR count). The Morgan fingerprint density at radius 1 is 1.00 bits per heavy atom. The van der Waals surface area contributed by atoms with Crippen LogP contribution in [-0.4, -0.2) is 30.4 Å². The molecule has 0 saturated carbocycles. The number of rotatable bonds is 6. The Balaban J connectivity index is 1.55. The molecule has 7 nitrogen and oxygen atoms in total. The predicted octanol–water partition coefficient (Wildman–Crippen LogP) is 5.01. The number of nitrogens with zero attached hydrogens (tertiary/aromatic N) is 2. The Labute approximate surface area is 184 Å². The van der Waals surface area contributed by atoms with Crippen LogP contribution in [0.1, 0.15) is 5.56 Å². The molecule has 31 heavy (non-hydrogen) atoms. The summed E-state index contributed by atoms with van der Waals surface area (Å²) in [5.74, 6) is 3.63. The number of aromatic nitrogens is 2. The number of hydrogen-bond acceptors (Lipinski definition) is 6. The highest BCUT2D eigenvalue weighted by molar-refractivity contribution is 6.30. The molecule has 8 heteroatoms. The first-order valence-electron chi connectivity index (χ1n) is 9.68. The Bertz CT molecular complexity index is 1270. The summed E-state index contributed by atoms with van der Waals surface area (Å²) < 4.78 is 23.7. The van der Waals surface area contributed by atoms with Crippen molar-refractivity contribution >= 4 is 23.1 Å². The maximum Gasteiger partial charge on any atom is 0.231 e. The standard InChI is InChI=1S/C23H20ClN3O4/c1-28-17-7-4-15(10-19(17)29-2)22-23(27-12-16(24)5-8-21(27)26-22)25-11-14-3-6-18-20(9-14)31-13-30-18/h3-10,12,25H,11,13H2,1-2H3. The summed E-state index contributed by atoms with van der Waals surface area (Å²) in [7, 11) is 3.23. The van der Waals surface area contributed by atoms with E-state index in [1.807, 2.05) is 59.1 Å². The van der Waals surface area contributed by atoms with Gasteiger partial charge in [-0.2, -0.15) is 0 Å². The fraction of sp³-hybridized carbons (Fsp3) is 0.174. The number of benzene rings is 2. The van der Waals surface area contributed by atoms with Gasteiger partial charge in [-0.15, -0.1) is 0 Å². The van der Waals surface area contributed by atoms with Crippen LogP contribution in [0.25, 0.3) is 16.9 Å². The van der Waals surface area contributed by atoms with E-state index in [9.17, 15) is 0 Å². The van der Waals surface area contributed by atoms with Crippen molar-refractivity contribution in [2.75, 3.05) is 26.3 Å². The smallest absolute Gasteiger partial charge is 0.231 e. The summed E-state index contributed by atoms with van der Waals surface area (Å²) in [6, 6.07) is 15.3. The molecule has 0 bridgehead atoms. The van der Waals surface area contributed by atoms with Crippen LogP contribution >= 0.6 is 11.6 Å². The lowest BCUT2D eigenvalue weighted by atomic mass is 10.1. The van der Waals surface area contributed by atoms with Crippen molar-refractivity contribution < 1.29 is 18.9 Å². The van der Waals surface area contributed by atoms with Gasteiger partial charge in [-0.3, -0.25) is 4.40 Å². The average Bonchev–Trinajstić information content (AvgIpc) is 3.41. The number of methoxy groups -OCH3 is 2. The molecule has 1 N–H and O–H groups in total. The summed E-state index contributed by atoms with van der Waals surface area (Å²) >= 11 is 6.27. The quantitative estimate of drug-likeness (QED) is 0.457. The molecule has 2 aromatic carbocycles. The van der Waals surface area contributed by atoms with E-state index in [4.69, 9.17) is 35.5 Å². The summed E-state index contributed by atoms with van der Waals surface area (Å²) in [5, 5.41) is 4.13. The predicted molar refractivity (Wildman–Crippen MR) is 119 cm³/mol. The van der Waals surface area contributed by atoms with E-state index in [1.54, 1.807) is 14.2 Å². The Morgan fingerprint density at radius 2 is 1.84 bits per heavy atom. The van der Waals surface area contributed by atoms with Gasteiger partial charge >= 0.3 is 0 Å². The van der Waals surface area contributed by atoms with E-state index < -0.39 is 0 Å². The lowest BCUT2D eigenvalue weighted by Gasteiger charge is -2.12. The number of pyridine rings is 1. The Hall–Kier alpha value is -3.58.